The van der Waals surface area contributed by atoms with Gasteiger partial charge in [-0.3, -0.25) is 0 Å². The van der Waals surface area contributed by atoms with Crippen LogP contribution in [0.4, 0.5) is 5.82 Å². The molecule has 1 aliphatic heterocycles. The molecule has 3 rings (SSSR count). The maximum Gasteiger partial charge on any atom is 0.337 e. The number of anilines is 1. The van der Waals surface area contributed by atoms with Gasteiger partial charge in [0.15, 0.2) is 0 Å². The van der Waals surface area contributed by atoms with Gasteiger partial charge in [-0.15, -0.1) is 0 Å². The molecule has 2 unspecified atom stereocenters. The predicted octanol–water partition coefficient (Wildman–Crippen LogP) is 2.71. The number of aromatic carboxylic acids is 1. The minimum absolute atomic E-state index is 0.306. The molecule has 102 valence electrons. The summed E-state index contributed by atoms with van der Waals surface area (Å²) in [6, 6.07) is 3.54. The monoisotopic (exact) mass is 260 g/mol. The molecule has 1 aliphatic carbocycles. The van der Waals surface area contributed by atoms with Crippen molar-refractivity contribution in [3.63, 3.8) is 0 Å². The molecule has 2 heterocycles. The summed E-state index contributed by atoms with van der Waals surface area (Å²) in [5.74, 6) is 1.65. The summed E-state index contributed by atoms with van der Waals surface area (Å²) in [6.45, 7) is 3.93. The van der Waals surface area contributed by atoms with Crippen LogP contribution in [0.1, 0.15) is 41.7 Å². The van der Waals surface area contributed by atoms with Crippen LogP contribution in [0.3, 0.4) is 0 Å². The van der Waals surface area contributed by atoms with E-state index in [-0.39, 0.29) is 0 Å². The number of hydrogen-bond acceptors (Lipinski definition) is 3. The molecule has 0 amide bonds. The summed E-state index contributed by atoms with van der Waals surface area (Å²) in [4.78, 5) is 17.8. The van der Waals surface area contributed by atoms with Crippen LogP contribution >= 0.6 is 0 Å². The van der Waals surface area contributed by atoms with Crippen LogP contribution in [-0.2, 0) is 0 Å². The number of pyridine rings is 1. The molecule has 0 radical (unpaired) electrons. The topological polar surface area (TPSA) is 53.4 Å². The van der Waals surface area contributed by atoms with Gasteiger partial charge >= 0.3 is 5.97 Å². The van der Waals surface area contributed by atoms with Gasteiger partial charge in [0.25, 0.3) is 0 Å². The minimum Gasteiger partial charge on any atom is -0.478 e. The lowest BCUT2D eigenvalue weighted by molar-refractivity contribution is 0.0695. The third-order valence-corrected chi connectivity index (χ3v) is 4.47. The Bertz CT molecular complexity index is 489. The number of fused-ring (bicyclic) bond motifs is 2. The van der Waals surface area contributed by atoms with Crippen molar-refractivity contribution in [2.24, 2.45) is 11.8 Å². The molecule has 0 spiro atoms. The van der Waals surface area contributed by atoms with Gasteiger partial charge in [-0.1, -0.05) is 6.42 Å². The lowest BCUT2D eigenvalue weighted by atomic mass is 9.78. The number of carbonyl (C=O) groups is 1. The Morgan fingerprint density at radius 1 is 1.32 bits per heavy atom. The summed E-state index contributed by atoms with van der Waals surface area (Å²) in [5.41, 5.74) is 0.918. The first-order valence-corrected chi connectivity index (χ1v) is 7.09. The SMILES string of the molecule is Cc1nc(N2CC3CCCC(C3)C2)ccc1C(=O)O. The number of piperidine rings is 1. The first kappa shape index (κ1) is 12.5. The summed E-state index contributed by atoms with van der Waals surface area (Å²) in [7, 11) is 0. The molecular formula is C15H20N2O2. The number of aromatic nitrogens is 1. The van der Waals surface area contributed by atoms with Crippen LogP contribution in [0.15, 0.2) is 12.1 Å². The minimum atomic E-state index is -0.896. The molecule has 2 aliphatic rings. The van der Waals surface area contributed by atoms with E-state index in [9.17, 15) is 4.79 Å². The fourth-order valence-corrected chi connectivity index (χ4v) is 3.57. The second-order valence-corrected chi connectivity index (χ2v) is 5.91. The Morgan fingerprint density at radius 2 is 2.00 bits per heavy atom. The summed E-state index contributed by atoms with van der Waals surface area (Å²) in [6.07, 6.45) is 5.40. The van der Waals surface area contributed by atoms with E-state index in [2.05, 4.69) is 9.88 Å². The van der Waals surface area contributed by atoms with E-state index in [1.165, 1.54) is 25.7 Å². The zero-order valence-electron chi connectivity index (χ0n) is 11.3. The molecule has 2 fully saturated rings. The van der Waals surface area contributed by atoms with Gasteiger partial charge < -0.3 is 10.0 Å². The zero-order valence-corrected chi connectivity index (χ0v) is 11.3. The molecular weight excluding hydrogens is 240 g/mol. The molecule has 0 aromatic carbocycles. The number of carboxylic acids is 1. The van der Waals surface area contributed by atoms with Crippen molar-refractivity contribution < 1.29 is 9.90 Å². The molecule has 1 aromatic heterocycles. The fraction of sp³-hybridized carbons (Fsp3) is 0.600. The number of nitrogens with zero attached hydrogens (tertiary/aromatic N) is 2. The molecule has 2 bridgehead atoms. The normalized spacial score (nSPS) is 26.3. The van der Waals surface area contributed by atoms with Crippen LogP contribution < -0.4 is 4.90 Å². The van der Waals surface area contributed by atoms with Crippen LogP contribution in [0.25, 0.3) is 0 Å². The number of rotatable bonds is 2. The average Bonchev–Trinajstić information content (AvgIpc) is 2.37. The van der Waals surface area contributed by atoms with Gasteiger partial charge in [-0.25, -0.2) is 9.78 Å². The van der Waals surface area contributed by atoms with E-state index < -0.39 is 5.97 Å². The van der Waals surface area contributed by atoms with E-state index in [1.807, 2.05) is 6.07 Å². The van der Waals surface area contributed by atoms with Crippen molar-refractivity contribution in [3.8, 4) is 0 Å². The van der Waals surface area contributed by atoms with Crippen molar-refractivity contribution in [1.29, 1.82) is 0 Å². The summed E-state index contributed by atoms with van der Waals surface area (Å²) >= 11 is 0. The average molecular weight is 260 g/mol. The lowest BCUT2D eigenvalue weighted by Crippen LogP contribution is -2.43. The zero-order chi connectivity index (χ0) is 13.4. The Kier molecular flexibility index (Phi) is 3.17. The van der Waals surface area contributed by atoms with Crippen molar-refractivity contribution >= 4 is 11.8 Å². The van der Waals surface area contributed by atoms with E-state index in [0.717, 1.165) is 30.7 Å². The number of carboxylic acid groups (broad SMARTS) is 1. The number of hydrogen-bond donors (Lipinski definition) is 1. The second-order valence-electron chi connectivity index (χ2n) is 5.91. The molecule has 19 heavy (non-hydrogen) atoms. The highest BCUT2D eigenvalue weighted by molar-refractivity contribution is 5.89. The van der Waals surface area contributed by atoms with E-state index in [0.29, 0.717) is 11.3 Å². The van der Waals surface area contributed by atoms with Gasteiger partial charge in [0.05, 0.1) is 11.3 Å². The fourth-order valence-electron chi connectivity index (χ4n) is 3.57. The van der Waals surface area contributed by atoms with Gasteiger partial charge in [0.2, 0.25) is 0 Å². The van der Waals surface area contributed by atoms with Crippen molar-refractivity contribution in [2.45, 2.75) is 32.6 Å². The standard InChI is InChI=1S/C15H20N2O2/c1-10-13(15(18)19)5-6-14(16-10)17-8-11-3-2-4-12(7-11)9-17/h5-6,11-12H,2-4,7-9H2,1H3,(H,18,19). The summed E-state index contributed by atoms with van der Waals surface area (Å²) in [5, 5.41) is 9.04. The maximum absolute atomic E-state index is 11.0. The van der Waals surface area contributed by atoms with Gasteiger partial charge in [-0.2, -0.15) is 0 Å². The molecule has 4 nitrogen and oxygen atoms in total. The van der Waals surface area contributed by atoms with Gasteiger partial charge in [0.1, 0.15) is 5.82 Å². The van der Waals surface area contributed by atoms with Crippen molar-refractivity contribution in [2.75, 3.05) is 18.0 Å². The number of aryl methyl sites for hydroxylation is 1. The van der Waals surface area contributed by atoms with E-state index >= 15 is 0 Å². The smallest absolute Gasteiger partial charge is 0.337 e. The van der Waals surface area contributed by atoms with Crippen LogP contribution in [0.5, 0.6) is 0 Å². The Balaban J connectivity index is 1.82. The quantitative estimate of drug-likeness (QED) is 0.888. The summed E-state index contributed by atoms with van der Waals surface area (Å²) < 4.78 is 0. The Morgan fingerprint density at radius 3 is 2.58 bits per heavy atom. The highest BCUT2D eigenvalue weighted by Crippen LogP contribution is 2.35. The molecule has 1 aromatic rings. The third kappa shape index (κ3) is 2.44. The van der Waals surface area contributed by atoms with Gasteiger partial charge in [0, 0.05) is 13.1 Å². The molecule has 1 saturated carbocycles. The molecule has 1 saturated heterocycles. The Hall–Kier alpha value is -1.58. The maximum atomic E-state index is 11.0. The lowest BCUT2D eigenvalue weighted by Gasteiger charge is -2.42. The molecule has 4 heteroatoms. The van der Waals surface area contributed by atoms with Crippen molar-refractivity contribution in [1.82, 2.24) is 4.98 Å². The highest BCUT2D eigenvalue weighted by Gasteiger charge is 2.31. The first-order valence-electron chi connectivity index (χ1n) is 7.09. The first-order chi connectivity index (χ1) is 9.13. The van der Waals surface area contributed by atoms with E-state index in [4.69, 9.17) is 5.11 Å². The predicted molar refractivity (Wildman–Crippen MR) is 73.6 cm³/mol. The molecule has 2 atom stereocenters. The van der Waals surface area contributed by atoms with E-state index in [1.54, 1.807) is 13.0 Å². The highest BCUT2D eigenvalue weighted by atomic mass is 16.4. The van der Waals surface area contributed by atoms with Crippen LogP contribution in [-0.4, -0.2) is 29.1 Å². The van der Waals surface area contributed by atoms with Gasteiger partial charge in [-0.05, 0) is 50.2 Å². The molecule has 1 N–H and O–H groups in total. The largest absolute Gasteiger partial charge is 0.478 e. The third-order valence-electron chi connectivity index (χ3n) is 4.47. The Labute approximate surface area is 113 Å². The second kappa shape index (κ2) is 4.83. The van der Waals surface area contributed by atoms with Crippen LogP contribution in [0, 0.1) is 18.8 Å². The van der Waals surface area contributed by atoms with Crippen molar-refractivity contribution in [3.05, 3.63) is 23.4 Å². The van der Waals surface area contributed by atoms with Crippen LogP contribution in [0.2, 0.25) is 0 Å².